The first-order valence-corrected chi connectivity index (χ1v) is 6.74. The molecule has 2 heterocycles. The lowest BCUT2D eigenvalue weighted by atomic mass is 10.1. The Balaban J connectivity index is 1.82. The number of anilines is 1. The van der Waals surface area contributed by atoms with Gasteiger partial charge in [0.25, 0.3) is 0 Å². The molecule has 1 aliphatic rings. The molecule has 0 saturated carbocycles. The molecule has 3 rings (SSSR count). The van der Waals surface area contributed by atoms with Gasteiger partial charge in [0.1, 0.15) is 0 Å². The number of nitrogens with one attached hydrogen (secondary N) is 1. The van der Waals surface area contributed by atoms with Gasteiger partial charge in [-0.25, -0.2) is 9.97 Å². The summed E-state index contributed by atoms with van der Waals surface area (Å²) in [6.07, 6.45) is 3.71. The smallest absolute Gasteiger partial charge is 0.225 e. The number of nitrogens with zero attached hydrogens (tertiary/aromatic N) is 3. The molecule has 5 heteroatoms. The van der Waals surface area contributed by atoms with Crippen molar-refractivity contribution >= 4 is 17.5 Å². The number of piperazine rings is 1. The monoisotopic (exact) mass is 274 g/mol. The van der Waals surface area contributed by atoms with Gasteiger partial charge in [0.05, 0.1) is 0 Å². The molecule has 0 atom stereocenters. The molecular weight excluding hydrogens is 260 g/mol. The van der Waals surface area contributed by atoms with Crippen LogP contribution in [0.25, 0.3) is 11.1 Å². The van der Waals surface area contributed by atoms with Crippen molar-refractivity contribution in [1.29, 1.82) is 0 Å². The minimum atomic E-state index is 0.726. The molecule has 1 fully saturated rings. The van der Waals surface area contributed by atoms with Crippen LogP contribution in [0.3, 0.4) is 0 Å². The minimum absolute atomic E-state index is 0.726. The molecule has 19 heavy (non-hydrogen) atoms. The summed E-state index contributed by atoms with van der Waals surface area (Å²) in [6, 6.07) is 7.72. The zero-order chi connectivity index (χ0) is 13.1. The van der Waals surface area contributed by atoms with Crippen LogP contribution in [-0.4, -0.2) is 36.1 Å². The van der Waals surface area contributed by atoms with Gasteiger partial charge in [-0.15, -0.1) is 0 Å². The normalized spacial score (nSPS) is 15.5. The third-order valence-corrected chi connectivity index (χ3v) is 3.43. The molecule has 0 spiro atoms. The highest BCUT2D eigenvalue weighted by atomic mass is 35.5. The lowest BCUT2D eigenvalue weighted by molar-refractivity contribution is 0.580. The van der Waals surface area contributed by atoms with Gasteiger partial charge < -0.3 is 10.2 Å². The second-order valence-corrected chi connectivity index (χ2v) is 4.96. The molecule has 0 amide bonds. The molecule has 1 aromatic heterocycles. The van der Waals surface area contributed by atoms with E-state index in [1.807, 2.05) is 36.7 Å². The van der Waals surface area contributed by atoms with Gasteiger partial charge in [-0.2, -0.15) is 0 Å². The fraction of sp³-hybridized carbons (Fsp3) is 0.286. The highest BCUT2D eigenvalue weighted by Gasteiger charge is 2.12. The molecule has 0 bridgehead atoms. The van der Waals surface area contributed by atoms with Gasteiger partial charge >= 0.3 is 0 Å². The van der Waals surface area contributed by atoms with Gasteiger partial charge in [0.15, 0.2) is 0 Å². The van der Waals surface area contributed by atoms with Crippen LogP contribution in [0.4, 0.5) is 5.95 Å². The van der Waals surface area contributed by atoms with Crippen molar-refractivity contribution in [2.24, 2.45) is 0 Å². The Morgan fingerprint density at radius 1 is 1.05 bits per heavy atom. The largest absolute Gasteiger partial charge is 0.338 e. The lowest BCUT2D eigenvalue weighted by Gasteiger charge is -2.27. The molecular formula is C14H15ClN4. The summed E-state index contributed by atoms with van der Waals surface area (Å²) in [4.78, 5) is 11.1. The fourth-order valence-electron chi connectivity index (χ4n) is 2.17. The SMILES string of the molecule is Clc1cccc(-c2cnc(N3CCNCC3)nc2)c1. The third-order valence-electron chi connectivity index (χ3n) is 3.20. The summed E-state index contributed by atoms with van der Waals surface area (Å²) in [5.74, 6) is 0.798. The van der Waals surface area contributed by atoms with Crippen LogP contribution in [0.15, 0.2) is 36.7 Å². The molecule has 4 nitrogen and oxygen atoms in total. The Kier molecular flexibility index (Phi) is 3.62. The molecule has 1 saturated heterocycles. The Hall–Kier alpha value is -1.65. The van der Waals surface area contributed by atoms with Crippen LogP contribution in [0.2, 0.25) is 5.02 Å². The fourth-order valence-corrected chi connectivity index (χ4v) is 2.36. The van der Waals surface area contributed by atoms with Crippen LogP contribution in [0.1, 0.15) is 0 Å². The summed E-state index contributed by atoms with van der Waals surface area (Å²) in [7, 11) is 0. The van der Waals surface area contributed by atoms with E-state index in [2.05, 4.69) is 20.2 Å². The number of halogens is 1. The summed E-state index contributed by atoms with van der Waals surface area (Å²) in [6.45, 7) is 3.88. The maximum atomic E-state index is 5.99. The Morgan fingerprint density at radius 2 is 1.79 bits per heavy atom. The second kappa shape index (κ2) is 5.55. The van der Waals surface area contributed by atoms with Crippen molar-refractivity contribution in [3.05, 3.63) is 41.7 Å². The van der Waals surface area contributed by atoms with Crippen molar-refractivity contribution in [3.63, 3.8) is 0 Å². The summed E-state index contributed by atoms with van der Waals surface area (Å²) >= 11 is 5.99. The average molecular weight is 275 g/mol. The average Bonchev–Trinajstić information content (AvgIpc) is 2.48. The second-order valence-electron chi connectivity index (χ2n) is 4.52. The minimum Gasteiger partial charge on any atom is -0.338 e. The predicted molar refractivity (Wildman–Crippen MR) is 77.6 cm³/mol. The topological polar surface area (TPSA) is 41.1 Å². The van der Waals surface area contributed by atoms with E-state index >= 15 is 0 Å². The Bertz CT molecular complexity index is 550. The maximum Gasteiger partial charge on any atom is 0.225 e. The van der Waals surface area contributed by atoms with Crippen LogP contribution in [-0.2, 0) is 0 Å². The predicted octanol–water partition coefficient (Wildman–Crippen LogP) is 2.21. The van der Waals surface area contributed by atoms with Gasteiger partial charge in [0.2, 0.25) is 5.95 Å². The highest BCUT2D eigenvalue weighted by molar-refractivity contribution is 6.30. The number of hydrogen-bond donors (Lipinski definition) is 1. The Morgan fingerprint density at radius 3 is 2.47 bits per heavy atom. The zero-order valence-corrected chi connectivity index (χ0v) is 11.3. The molecule has 0 unspecified atom stereocenters. The van der Waals surface area contributed by atoms with E-state index in [0.717, 1.165) is 48.3 Å². The first kappa shape index (κ1) is 12.4. The molecule has 1 N–H and O–H groups in total. The highest BCUT2D eigenvalue weighted by Crippen LogP contribution is 2.22. The summed E-state index contributed by atoms with van der Waals surface area (Å²) in [5.41, 5.74) is 2.03. The van der Waals surface area contributed by atoms with Crippen LogP contribution >= 0.6 is 11.6 Å². The molecule has 1 aliphatic heterocycles. The number of benzene rings is 1. The lowest BCUT2D eigenvalue weighted by Crippen LogP contribution is -2.44. The van der Waals surface area contributed by atoms with E-state index in [1.165, 1.54) is 0 Å². The molecule has 98 valence electrons. The maximum absolute atomic E-state index is 5.99. The third kappa shape index (κ3) is 2.85. The van der Waals surface area contributed by atoms with Gasteiger partial charge in [-0.05, 0) is 17.7 Å². The van der Waals surface area contributed by atoms with Crippen LogP contribution in [0, 0.1) is 0 Å². The number of rotatable bonds is 2. The van der Waals surface area contributed by atoms with Crippen molar-refractivity contribution in [2.45, 2.75) is 0 Å². The quantitative estimate of drug-likeness (QED) is 0.912. The Labute approximate surface area is 117 Å². The molecule has 0 radical (unpaired) electrons. The van der Waals surface area contributed by atoms with Crippen molar-refractivity contribution in [2.75, 3.05) is 31.1 Å². The van der Waals surface area contributed by atoms with Crippen molar-refractivity contribution in [3.8, 4) is 11.1 Å². The van der Waals surface area contributed by atoms with Gasteiger partial charge in [-0.3, -0.25) is 0 Å². The van der Waals surface area contributed by atoms with Gasteiger partial charge in [0, 0.05) is 49.2 Å². The van der Waals surface area contributed by atoms with E-state index in [4.69, 9.17) is 11.6 Å². The van der Waals surface area contributed by atoms with Crippen molar-refractivity contribution < 1.29 is 0 Å². The standard InChI is InChI=1S/C14H15ClN4/c15-13-3-1-2-11(8-13)12-9-17-14(18-10-12)19-6-4-16-5-7-19/h1-3,8-10,16H,4-7H2. The number of hydrogen-bond acceptors (Lipinski definition) is 4. The number of aromatic nitrogens is 2. The van der Waals surface area contributed by atoms with E-state index < -0.39 is 0 Å². The van der Waals surface area contributed by atoms with Crippen LogP contribution < -0.4 is 10.2 Å². The van der Waals surface area contributed by atoms with Gasteiger partial charge in [-0.1, -0.05) is 23.7 Å². The molecule has 1 aromatic carbocycles. The van der Waals surface area contributed by atoms with E-state index in [-0.39, 0.29) is 0 Å². The molecule has 2 aromatic rings. The van der Waals surface area contributed by atoms with Crippen LogP contribution in [0.5, 0.6) is 0 Å². The zero-order valence-electron chi connectivity index (χ0n) is 10.5. The first-order valence-electron chi connectivity index (χ1n) is 6.36. The summed E-state index contributed by atoms with van der Waals surface area (Å²) in [5, 5.41) is 4.04. The molecule has 0 aliphatic carbocycles. The first-order chi connectivity index (χ1) is 9.33. The van der Waals surface area contributed by atoms with E-state index in [9.17, 15) is 0 Å². The van der Waals surface area contributed by atoms with Crippen molar-refractivity contribution in [1.82, 2.24) is 15.3 Å². The summed E-state index contributed by atoms with van der Waals surface area (Å²) < 4.78 is 0. The van der Waals surface area contributed by atoms with E-state index in [1.54, 1.807) is 0 Å². The van der Waals surface area contributed by atoms with E-state index in [0.29, 0.717) is 0 Å².